The molecule has 0 radical (unpaired) electrons. The fourth-order valence-corrected chi connectivity index (χ4v) is 2.35. The molecule has 0 aliphatic carbocycles. The number of halogens is 1. The van der Waals surface area contributed by atoms with Gasteiger partial charge < -0.3 is 14.6 Å². The van der Waals surface area contributed by atoms with Crippen molar-refractivity contribution in [2.45, 2.75) is 51.4 Å². The predicted octanol–water partition coefficient (Wildman–Crippen LogP) is 3.22. The third-order valence-electron chi connectivity index (χ3n) is 3.40. The second-order valence-electron chi connectivity index (χ2n) is 5.71. The van der Waals surface area contributed by atoms with Crippen LogP contribution in [0.1, 0.15) is 45.3 Å². The van der Waals surface area contributed by atoms with Crippen LogP contribution in [0.25, 0.3) is 0 Å². The molecule has 1 aliphatic heterocycles. The summed E-state index contributed by atoms with van der Waals surface area (Å²) in [7, 11) is 0. The van der Waals surface area contributed by atoms with Crippen LogP contribution >= 0.6 is 0 Å². The molecular formula is C15H21FO3. The van der Waals surface area contributed by atoms with Crippen molar-refractivity contribution in [1.82, 2.24) is 0 Å². The van der Waals surface area contributed by atoms with Gasteiger partial charge in [0.1, 0.15) is 18.2 Å². The molecule has 1 aliphatic rings. The summed E-state index contributed by atoms with van der Waals surface area (Å²) in [4.78, 5) is 0. The van der Waals surface area contributed by atoms with Gasteiger partial charge in [-0.15, -0.1) is 0 Å². The number of rotatable bonds is 4. The quantitative estimate of drug-likeness (QED) is 0.911. The van der Waals surface area contributed by atoms with Crippen LogP contribution < -0.4 is 4.74 Å². The smallest absolute Gasteiger partial charge is 0.125 e. The molecule has 0 saturated carbocycles. The van der Waals surface area contributed by atoms with E-state index in [2.05, 4.69) is 13.8 Å². The van der Waals surface area contributed by atoms with E-state index in [0.29, 0.717) is 17.9 Å². The standard InChI is InChI=1S/C15H21FO3/c1-10(17)13-8-11(16)4-5-14(13)18-9-12-6-7-15(2,3)19-12/h4-5,8,10,12,17H,6-7,9H2,1-3H3/t10-,12?/m1/s1. The van der Waals surface area contributed by atoms with E-state index in [1.165, 1.54) is 12.1 Å². The number of hydrogen-bond donors (Lipinski definition) is 1. The molecule has 2 rings (SSSR count). The Balaban J connectivity index is 2.00. The van der Waals surface area contributed by atoms with Crippen LogP contribution in [0.3, 0.4) is 0 Å². The van der Waals surface area contributed by atoms with Crippen molar-refractivity contribution < 1.29 is 19.0 Å². The number of aliphatic hydroxyl groups is 1. The zero-order valence-electron chi connectivity index (χ0n) is 11.6. The van der Waals surface area contributed by atoms with E-state index >= 15 is 0 Å². The molecule has 19 heavy (non-hydrogen) atoms. The zero-order valence-corrected chi connectivity index (χ0v) is 11.6. The lowest BCUT2D eigenvalue weighted by Gasteiger charge is -2.20. The van der Waals surface area contributed by atoms with Gasteiger partial charge in [-0.25, -0.2) is 4.39 Å². The molecule has 4 heteroatoms. The number of benzene rings is 1. The van der Waals surface area contributed by atoms with Gasteiger partial charge in [-0.2, -0.15) is 0 Å². The minimum atomic E-state index is -0.758. The highest BCUT2D eigenvalue weighted by Gasteiger charge is 2.32. The summed E-state index contributed by atoms with van der Waals surface area (Å²) in [5.74, 6) is 0.145. The van der Waals surface area contributed by atoms with Crippen molar-refractivity contribution >= 4 is 0 Å². The summed E-state index contributed by atoms with van der Waals surface area (Å²) in [6.45, 7) is 6.14. The van der Waals surface area contributed by atoms with Gasteiger partial charge in [0.05, 0.1) is 17.8 Å². The summed E-state index contributed by atoms with van der Waals surface area (Å²) in [6, 6.07) is 4.19. The van der Waals surface area contributed by atoms with E-state index in [9.17, 15) is 9.50 Å². The zero-order chi connectivity index (χ0) is 14.0. The fraction of sp³-hybridized carbons (Fsp3) is 0.600. The van der Waals surface area contributed by atoms with Gasteiger partial charge >= 0.3 is 0 Å². The Morgan fingerprint density at radius 1 is 1.53 bits per heavy atom. The molecule has 1 heterocycles. The maximum absolute atomic E-state index is 13.2. The average molecular weight is 268 g/mol. The van der Waals surface area contributed by atoms with Crippen molar-refractivity contribution in [2.24, 2.45) is 0 Å². The van der Waals surface area contributed by atoms with Gasteiger partial charge in [-0.3, -0.25) is 0 Å². The van der Waals surface area contributed by atoms with Crippen LogP contribution in [0.15, 0.2) is 18.2 Å². The highest BCUT2D eigenvalue weighted by atomic mass is 19.1. The van der Waals surface area contributed by atoms with Crippen LogP contribution in [-0.4, -0.2) is 23.4 Å². The third kappa shape index (κ3) is 3.67. The average Bonchev–Trinajstić information content (AvgIpc) is 2.67. The van der Waals surface area contributed by atoms with Gasteiger partial charge in [0, 0.05) is 5.56 Å². The Morgan fingerprint density at radius 2 is 2.26 bits per heavy atom. The first-order valence-corrected chi connectivity index (χ1v) is 6.65. The van der Waals surface area contributed by atoms with Crippen molar-refractivity contribution in [2.75, 3.05) is 6.61 Å². The van der Waals surface area contributed by atoms with Gasteiger partial charge in [0.15, 0.2) is 0 Å². The molecule has 1 N–H and O–H groups in total. The van der Waals surface area contributed by atoms with Crippen molar-refractivity contribution in [3.8, 4) is 5.75 Å². The largest absolute Gasteiger partial charge is 0.490 e. The molecule has 3 nitrogen and oxygen atoms in total. The van der Waals surface area contributed by atoms with Crippen LogP contribution in [0.2, 0.25) is 0 Å². The summed E-state index contributed by atoms with van der Waals surface area (Å²) in [5, 5.41) is 9.63. The van der Waals surface area contributed by atoms with Gasteiger partial charge in [0.2, 0.25) is 0 Å². The van der Waals surface area contributed by atoms with Crippen LogP contribution in [0.5, 0.6) is 5.75 Å². The van der Waals surface area contributed by atoms with E-state index in [1.54, 1.807) is 13.0 Å². The van der Waals surface area contributed by atoms with Gasteiger partial charge in [-0.05, 0) is 51.8 Å². The third-order valence-corrected chi connectivity index (χ3v) is 3.40. The van der Waals surface area contributed by atoms with Crippen molar-refractivity contribution in [1.29, 1.82) is 0 Å². The molecule has 0 amide bonds. The topological polar surface area (TPSA) is 38.7 Å². The van der Waals surface area contributed by atoms with E-state index in [0.717, 1.165) is 12.8 Å². The molecule has 1 fully saturated rings. The summed E-state index contributed by atoms with van der Waals surface area (Å²) >= 11 is 0. The normalized spacial score (nSPS) is 23.3. The van der Waals surface area contributed by atoms with Crippen LogP contribution in [-0.2, 0) is 4.74 Å². The molecule has 0 bridgehead atoms. The number of hydrogen-bond acceptors (Lipinski definition) is 3. The number of aliphatic hydroxyl groups excluding tert-OH is 1. The van der Waals surface area contributed by atoms with Gasteiger partial charge in [-0.1, -0.05) is 0 Å². The lowest BCUT2D eigenvalue weighted by molar-refractivity contribution is -0.0330. The van der Waals surface area contributed by atoms with Gasteiger partial charge in [0.25, 0.3) is 0 Å². The molecule has 2 atom stereocenters. The molecule has 1 unspecified atom stereocenters. The molecule has 0 aromatic heterocycles. The molecule has 1 aromatic rings. The number of ether oxygens (including phenoxy) is 2. The molecule has 0 spiro atoms. The van der Waals surface area contributed by atoms with Crippen LogP contribution in [0, 0.1) is 5.82 Å². The Kier molecular flexibility index (Phi) is 4.11. The summed E-state index contributed by atoms with van der Waals surface area (Å²) < 4.78 is 24.7. The lowest BCUT2D eigenvalue weighted by atomic mass is 10.1. The lowest BCUT2D eigenvalue weighted by Crippen LogP contribution is -2.24. The second-order valence-corrected chi connectivity index (χ2v) is 5.71. The minimum absolute atomic E-state index is 0.0573. The first-order chi connectivity index (χ1) is 8.87. The fourth-order valence-electron chi connectivity index (χ4n) is 2.35. The molecule has 106 valence electrons. The predicted molar refractivity (Wildman–Crippen MR) is 70.7 cm³/mol. The Morgan fingerprint density at radius 3 is 2.84 bits per heavy atom. The molecular weight excluding hydrogens is 247 g/mol. The summed E-state index contributed by atoms with van der Waals surface area (Å²) in [5.41, 5.74) is 0.376. The first kappa shape index (κ1) is 14.3. The van der Waals surface area contributed by atoms with E-state index < -0.39 is 6.10 Å². The van der Waals surface area contributed by atoms with E-state index in [-0.39, 0.29) is 17.5 Å². The second kappa shape index (κ2) is 5.47. The Hall–Kier alpha value is -1.13. The first-order valence-electron chi connectivity index (χ1n) is 6.65. The Bertz CT molecular complexity index is 443. The highest BCUT2D eigenvalue weighted by molar-refractivity contribution is 5.35. The van der Waals surface area contributed by atoms with Crippen LogP contribution in [0.4, 0.5) is 4.39 Å². The highest BCUT2D eigenvalue weighted by Crippen LogP contribution is 2.31. The molecule has 1 saturated heterocycles. The molecule has 1 aromatic carbocycles. The maximum atomic E-state index is 13.2. The SMILES string of the molecule is C[C@@H](O)c1cc(F)ccc1OCC1CCC(C)(C)O1. The van der Waals surface area contributed by atoms with E-state index in [1.807, 2.05) is 0 Å². The monoisotopic (exact) mass is 268 g/mol. The van der Waals surface area contributed by atoms with Crippen molar-refractivity contribution in [3.05, 3.63) is 29.6 Å². The maximum Gasteiger partial charge on any atom is 0.125 e. The van der Waals surface area contributed by atoms with Crippen molar-refractivity contribution in [3.63, 3.8) is 0 Å². The summed E-state index contributed by atoms with van der Waals surface area (Å²) in [6.07, 6.45) is 1.26. The van der Waals surface area contributed by atoms with E-state index in [4.69, 9.17) is 9.47 Å². The Labute approximate surface area is 113 Å². The minimum Gasteiger partial charge on any atom is -0.490 e.